The van der Waals surface area contributed by atoms with E-state index in [1.165, 1.54) is 12.8 Å². The van der Waals surface area contributed by atoms with Gasteiger partial charge in [0.25, 0.3) is 0 Å². The lowest BCUT2D eigenvalue weighted by atomic mass is 10.1. The van der Waals surface area contributed by atoms with E-state index in [1.807, 2.05) is 0 Å². The summed E-state index contributed by atoms with van der Waals surface area (Å²) >= 11 is 5.77. The number of halogens is 1. The maximum Gasteiger partial charge on any atom is 0.223 e. The molecule has 1 unspecified atom stereocenters. The molecule has 1 aliphatic carbocycles. The second-order valence-corrected chi connectivity index (χ2v) is 4.52. The molecule has 0 amide bonds. The third-order valence-corrected chi connectivity index (χ3v) is 2.94. The molecule has 1 atom stereocenters. The normalized spacial score (nSPS) is 17.5. The van der Waals surface area contributed by atoms with Gasteiger partial charge in [-0.05, 0) is 24.7 Å². The number of nitrogen functional groups attached to an aromatic ring is 1. The molecule has 1 aliphatic rings. The summed E-state index contributed by atoms with van der Waals surface area (Å²) in [7, 11) is 0. The Bertz CT molecular complexity index is 331. The minimum Gasteiger partial charge on any atom is -0.370 e. The summed E-state index contributed by atoms with van der Waals surface area (Å²) < 4.78 is 0. The molecule has 0 bridgehead atoms. The maximum absolute atomic E-state index is 5.77. The minimum absolute atomic E-state index is 0.212. The topological polar surface area (TPSA) is 63.8 Å². The van der Waals surface area contributed by atoms with Crippen molar-refractivity contribution in [1.82, 2.24) is 9.97 Å². The molecule has 0 spiro atoms. The van der Waals surface area contributed by atoms with E-state index in [2.05, 4.69) is 22.2 Å². The van der Waals surface area contributed by atoms with Gasteiger partial charge in [0.05, 0.1) is 0 Å². The van der Waals surface area contributed by atoms with Crippen LogP contribution < -0.4 is 11.1 Å². The molecule has 1 aromatic rings. The van der Waals surface area contributed by atoms with Crippen LogP contribution in [-0.4, -0.2) is 16.5 Å². The van der Waals surface area contributed by atoms with E-state index in [0.29, 0.717) is 16.9 Å². The molecule has 0 aliphatic heterocycles. The summed E-state index contributed by atoms with van der Waals surface area (Å²) in [5.41, 5.74) is 5.49. The van der Waals surface area contributed by atoms with Gasteiger partial charge in [-0.3, -0.25) is 0 Å². The van der Waals surface area contributed by atoms with Crippen LogP contribution in [0.5, 0.6) is 0 Å². The molecular formula is C10H15ClN4. The molecule has 1 heterocycles. The van der Waals surface area contributed by atoms with Crippen LogP contribution in [0, 0.1) is 11.8 Å². The van der Waals surface area contributed by atoms with E-state index >= 15 is 0 Å². The average molecular weight is 227 g/mol. The van der Waals surface area contributed by atoms with E-state index in [4.69, 9.17) is 17.3 Å². The molecule has 2 rings (SSSR count). The summed E-state index contributed by atoms with van der Waals surface area (Å²) in [6.45, 7) is 3.16. The summed E-state index contributed by atoms with van der Waals surface area (Å²) in [5.74, 6) is 2.48. The average Bonchev–Trinajstić information content (AvgIpc) is 2.95. The highest BCUT2D eigenvalue weighted by molar-refractivity contribution is 6.29. The number of hydrogen-bond donors (Lipinski definition) is 2. The Morgan fingerprint density at radius 3 is 2.93 bits per heavy atom. The lowest BCUT2D eigenvalue weighted by Gasteiger charge is -2.11. The first-order valence-corrected chi connectivity index (χ1v) is 5.57. The van der Waals surface area contributed by atoms with Crippen LogP contribution in [-0.2, 0) is 0 Å². The summed E-state index contributed by atoms with van der Waals surface area (Å²) in [5, 5.41) is 3.61. The first kappa shape index (κ1) is 10.5. The van der Waals surface area contributed by atoms with Gasteiger partial charge in [0, 0.05) is 12.6 Å². The molecule has 0 radical (unpaired) electrons. The van der Waals surface area contributed by atoms with E-state index < -0.39 is 0 Å². The highest BCUT2D eigenvalue weighted by Crippen LogP contribution is 2.36. The van der Waals surface area contributed by atoms with Crippen LogP contribution in [0.25, 0.3) is 0 Å². The lowest BCUT2D eigenvalue weighted by Crippen LogP contribution is -2.14. The predicted octanol–water partition coefficient (Wildman–Crippen LogP) is 2.17. The van der Waals surface area contributed by atoms with Crippen molar-refractivity contribution >= 4 is 23.4 Å². The number of nitrogens with one attached hydrogen (secondary N) is 1. The Morgan fingerprint density at radius 1 is 1.60 bits per heavy atom. The van der Waals surface area contributed by atoms with Crippen LogP contribution in [0.3, 0.4) is 0 Å². The van der Waals surface area contributed by atoms with Gasteiger partial charge in [-0.25, -0.2) is 4.98 Å². The third-order valence-electron chi connectivity index (χ3n) is 2.74. The van der Waals surface area contributed by atoms with Crippen molar-refractivity contribution in [2.75, 3.05) is 17.6 Å². The summed E-state index contributed by atoms with van der Waals surface area (Å²) in [6.07, 6.45) is 2.71. The fraction of sp³-hybridized carbons (Fsp3) is 0.600. The Labute approximate surface area is 94.2 Å². The van der Waals surface area contributed by atoms with Gasteiger partial charge in [-0.1, -0.05) is 18.5 Å². The smallest absolute Gasteiger partial charge is 0.223 e. The maximum atomic E-state index is 5.77. The molecule has 82 valence electrons. The van der Waals surface area contributed by atoms with Crippen molar-refractivity contribution in [2.24, 2.45) is 11.8 Å². The summed E-state index contributed by atoms with van der Waals surface area (Å²) in [4.78, 5) is 7.86. The Hall–Kier alpha value is -1.03. The Kier molecular flexibility index (Phi) is 2.95. The van der Waals surface area contributed by atoms with Gasteiger partial charge in [0.1, 0.15) is 11.0 Å². The van der Waals surface area contributed by atoms with Crippen LogP contribution in [0.1, 0.15) is 19.8 Å². The lowest BCUT2D eigenvalue weighted by molar-refractivity contribution is 0.536. The zero-order valence-corrected chi connectivity index (χ0v) is 9.46. The SMILES string of the molecule is CC(CNc1cc(Cl)nc(N)n1)C1CC1. The van der Waals surface area contributed by atoms with Gasteiger partial charge < -0.3 is 11.1 Å². The largest absolute Gasteiger partial charge is 0.370 e. The number of aromatic nitrogens is 2. The van der Waals surface area contributed by atoms with Gasteiger partial charge in [-0.2, -0.15) is 4.98 Å². The fourth-order valence-electron chi connectivity index (χ4n) is 1.62. The van der Waals surface area contributed by atoms with Crippen molar-refractivity contribution in [1.29, 1.82) is 0 Å². The molecule has 0 aromatic carbocycles. The number of nitrogens with zero attached hydrogens (tertiary/aromatic N) is 2. The zero-order valence-electron chi connectivity index (χ0n) is 8.70. The Morgan fingerprint density at radius 2 is 2.33 bits per heavy atom. The van der Waals surface area contributed by atoms with Crippen molar-refractivity contribution in [3.63, 3.8) is 0 Å². The van der Waals surface area contributed by atoms with Gasteiger partial charge >= 0.3 is 0 Å². The van der Waals surface area contributed by atoms with Crippen molar-refractivity contribution < 1.29 is 0 Å². The summed E-state index contributed by atoms with van der Waals surface area (Å²) in [6, 6.07) is 1.69. The van der Waals surface area contributed by atoms with Gasteiger partial charge in [0.2, 0.25) is 5.95 Å². The third kappa shape index (κ3) is 2.96. The van der Waals surface area contributed by atoms with Crippen LogP contribution in [0.4, 0.5) is 11.8 Å². The Balaban J connectivity index is 1.91. The molecule has 15 heavy (non-hydrogen) atoms. The van der Waals surface area contributed by atoms with Crippen LogP contribution in [0.15, 0.2) is 6.07 Å². The highest BCUT2D eigenvalue weighted by Gasteiger charge is 2.27. The number of anilines is 2. The molecule has 0 saturated heterocycles. The van der Waals surface area contributed by atoms with E-state index in [-0.39, 0.29) is 5.95 Å². The number of nitrogens with two attached hydrogens (primary N) is 1. The van der Waals surface area contributed by atoms with Gasteiger partial charge in [0.15, 0.2) is 0 Å². The quantitative estimate of drug-likeness (QED) is 0.773. The number of rotatable bonds is 4. The molecule has 5 heteroatoms. The van der Waals surface area contributed by atoms with Crippen molar-refractivity contribution in [3.8, 4) is 0 Å². The predicted molar refractivity (Wildman–Crippen MR) is 61.8 cm³/mol. The van der Waals surface area contributed by atoms with Crippen LogP contribution >= 0.6 is 11.6 Å². The van der Waals surface area contributed by atoms with Crippen LogP contribution in [0.2, 0.25) is 5.15 Å². The first-order valence-electron chi connectivity index (χ1n) is 5.19. The van der Waals surface area contributed by atoms with Gasteiger partial charge in [-0.15, -0.1) is 0 Å². The molecule has 3 N–H and O–H groups in total. The molecule has 4 nitrogen and oxygen atoms in total. The van der Waals surface area contributed by atoms with Crippen molar-refractivity contribution in [3.05, 3.63) is 11.2 Å². The van der Waals surface area contributed by atoms with Crippen molar-refractivity contribution in [2.45, 2.75) is 19.8 Å². The molecule has 1 fully saturated rings. The molecule has 1 aromatic heterocycles. The molecule has 1 saturated carbocycles. The zero-order chi connectivity index (χ0) is 10.8. The highest BCUT2D eigenvalue weighted by atomic mass is 35.5. The second-order valence-electron chi connectivity index (χ2n) is 4.13. The second kappa shape index (κ2) is 4.23. The minimum atomic E-state index is 0.212. The number of hydrogen-bond acceptors (Lipinski definition) is 4. The standard InChI is InChI=1S/C10H15ClN4/c1-6(7-2-3-7)5-13-9-4-8(11)14-10(12)15-9/h4,6-7H,2-3,5H2,1H3,(H3,12,13,14,15). The van der Waals surface area contributed by atoms with E-state index in [0.717, 1.165) is 12.5 Å². The fourth-order valence-corrected chi connectivity index (χ4v) is 1.81. The monoisotopic (exact) mass is 226 g/mol. The first-order chi connectivity index (χ1) is 7.15. The molecular weight excluding hydrogens is 212 g/mol. The van der Waals surface area contributed by atoms with E-state index in [9.17, 15) is 0 Å². The van der Waals surface area contributed by atoms with E-state index in [1.54, 1.807) is 6.07 Å².